The first-order chi connectivity index (χ1) is 9.02. The highest BCUT2D eigenvalue weighted by Crippen LogP contribution is 2.22. The molecule has 0 aliphatic heterocycles. The highest BCUT2D eigenvalue weighted by molar-refractivity contribution is 5.84. The number of nitrogens with zero attached hydrogens (tertiary/aromatic N) is 3. The van der Waals surface area contributed by atoms with Crippen molar-refractivity contribution in [2.45, 2.75) is 13.0 Å². The number of aliphatic hydroxyl groups is 1. The Labute approximate surface area is 108 Å². The van der Waals surface area contributed by atoms with Crippen LogP contribution >= 0.6 is 0 Å². The molecule has 7 heteroatoms. The predicted molar refractivity (Wildman–Crippen MR) is 63.3 cm³/mol. The second kappa shape index (κ2) is 5.15. The second-order valence-corrected chi connectivity index (χ2v) is 3.88. The molecule has 0 fully saturated rings. The maximum absolute atomic E-state index is 13.2. The second-order valence-electron chi connectivity index (χ2n) is 3.88. The van der Waals surface area contributed by atoms with Crippen molar-refractivity contribution in [1.29, 1.82) is 0 Å². The Hall–Kier alpha value is -2.28. The van der Waals surface area contributed by atoms with Crippen LogP contribution in [-0.4, -0.2) is 33.0 Å². The summed E-state index contributed by atoms with van der Waals surface area (Å²) >= 11 is 0. The molecule has 1 heterocycles. The molecule has 1 unspecified atom stereocenters. The van der Waals surface area contributed by atoms with E-state index in [0.29, 0.717) is 11.3 Å². The fourth-order valence-corrected chi connectivity index (χ4v) is 1.63. The summed E-state index contributed by atoms with van der Waals surface area (Å²) in [6, 6.07) is 3.90. The standard InChI is InChI=1S/C12H12FN3O3/c1-7(17)9-5-8(13)3-4-10(9)16-6-14-11(15-16)12(18)19-2/h3-7,17H,1-2H3. The smallest absolute Gasteiger partial charge is 0.377 e. The van der Waals surface area contributed by atoms with Gasteiger partial charge in [0.25, 0.3) is 5.82 Å². The van der Waals surface area contributed by atoms with Gasteiger partial charge in [-0.05, 0) is 25.1 Å². The van der Waals surface area contributed by atoms with Crippen molar-refractivity contribution >= 4 is 5.97 Å². The molecule has 0 amide bonds. The highest BCUT2D eigenvalue weighted by atomic mass is 19.1. The van der Waals surface area contributed by atoms with E-state index in [1.165, 1.54) is 43.2 Å². The summed E-state index contributed by atoms with van der Waals surface area (Å²) in [6.45, 7) is 1.51. The van der Waals surface area contributed by atoms with Crippen molar-refractivity contribution in [3.05, 3.63) is 41.7 Å². The summed E-state index contributed by atoms with van der Waals surface area (Å²) in [5.74, 6) is -1.24. The Balaban J connectivity index is 2.47. The van der Waals surface area contributed by atoms with Gasteiger partial charge in [-0.15, -0.1) is 5.10 Å². The van der Waals surface area contributed by atoms with E-state index in [1.807, 2.05) is 0 Å². The quantitative estimate of drug-likeness (QED) is 0.845. The normalized spacial score (nSPS) is 12.2. The van der Waals surface area contributed by atoms with Gasteiger partial charge in [0.15, 0.2) is 0 Å². The lowest BCUT2D eigenvalue weighted by atomic mass is 10.1. The van der Waals surface area contributed by atoms with E-state index in [0.717, 1.165) is 0 Å². The number of esters is 1. The van der Waals surface area contributed by atoms with E-state index in [4.69, 9.17) is 0 Å². The molecule has 6 nitrogen and oxygen atoms in total. The van der Waals surface area contributed by atoms with Crippen LogP contribution in [-0.2, 0) is 4.74 Å². The van der Waals surface area contributed by atoms with Gasteiger partial charge in [0, 0.05) is 5.56 Å². The zero-order valence-corrected chi connectivity index (χ0v) is 10.4. The maximum Gasteiger partial charge on any atom is 0.377 e. The van der Waals surface area contributed by atoms with E-state index in [9.17, 15) is 14.3 Å². The first-order valence-electron chi connectivity index (χ1n) is 5.50. The molecule has 1 aromatic carbocycles. The van der Waals surface area contributed by atoms with Gasteiger partial charge in [0.2, 0.25) is 0 Å². The lowest BCUT2D eigenvalue weighted by molar-refractivity contribution is 0.0587. The molecular formula is C12H12FN3O3. The number of ether oxygens (including phenoxy) is 1. The number of aliphatic hydroxyl groups excluding tert-OH is 1. The molecular weight excluding hydrogens is 253 g/mol. The van der Waals surface area contributed by atoms with E-state index < -0.39 is 17.9 Å². The number of halogens is 1. The Morgan fingerprint density at radius 1 is 1.53 bits per heavy atom. The van der Waals surface area contributed by atoms with Gasteiger partial charge in [-0.3, -0.25) is 0 Å². The molecule has 2 rings (SSSR count). The van der Waals surface area contributed by atoms with Crippen molar-refractivity contribution in [3.63, 3.8) is 0 Å². The fourth-order valence-electron chi connectivity index (χ4n) is 1.63. The molecule has 0 saturated heterocycles. The molecule has 0 saturated carbocycles. The third-order valence-corrected chi connectivity index (χ3v) is 2.55. The highest BCUT2D eigenvalue weighted by Gasteiger charge is 2.16. The Bertz CT molecular complexity index is 610. The van der Waals surface area contributed by atoms with Crippen LogP contribution in [0.4, 0.5) is 4.39 Å². The number of hydrogen-bond acceptors (Lipinski definition) is 5. The van der Waals surface area contributed by atoms with Crippen molar-refractivity contribution in [2.75, 3.05) is 7.11 Å². The molecule has 2 aromatic rings. The number of carbonyl (C=O) groups excluding carboxylic acids is 1. The van der Waals surface area contributed by atoms with Crippen LogP contribution < -0.4 is 0 Å². The molecule has 0 radical (unpaired) electrons. The number of benzene rings is 1. The first-order valence-corrected chi connectivity index (χ1v) is 5.50. The SMILES string of the molecule is COC(=O)c1ncn(-c2ccc(F)cc2C(C)O)n1. The third kappa shape index (κ3) is 2.60. The summed E-state index contributed by atoms with van der Waals surface area (Å²) in [7, 11) is 1.22. The fraction of sp³-hybridized carbons (Fsp3) is 0.250. The molecule has 0 aliphatic carbocycles. The van der Waals surface area contributed by atoms with E-state index >= 15 is 0 Å². The molecule has 0 bridgehead atoms. The number of aromatic nitrogens is 3. The molecule has 1 N–H and O–H groups in total. The van der Waals surface area contributed by atoms with Crippen molar-refractivity contribution < 1.29 is 19.0 Å². The van der Waals surface area contributed by atoms with E-state index in [-0.39, 0.29) is 5.82 Å². The van der Waals surface area contributed by atoms with Gasteiger partial charge in [-0.25, -0.2) is 18.9 Å². The molecule has 1 atom stereocenters. The number of rotatable bonds is 3. The molecule has 1 aromatic heterocycles. The van der Waals surface area contributed by atoms with E-state index in [2.05, 4.69) is 14.8 Å². The summed E-state index contributed by atoms with van der Waals surface area (Å²) in [4.78, 5) is 15.0. The van der Waals surface area contributed by atoms with Crippen LogP contribution in [0, 0.1) is 5.82 Å². The number of methoxy groups -OCH3 is 1. The maximum atomic E-state index is 13.2. The third-order valence-electron chi connectivity index (χ3n) is 2.55. The Kier molecular flexibility index (Phi) is 3.57. The van der Waals surface area contributed by atoms with Crippen LogP contribution in [0.2, 0.25) is 0 Å². The van der Waals surface area contributed by atoms with Crippen LogP contribution in [0.15, 0.2) is 24.5 Å². The lowest BCUT2D eigenvalue weighted by Gasteiger charge is -2.11. The Morgan fingerprint density at radius 2 is 2.26 bits per heavy atom. The summed E-state index contributed by atoms with van der Waals surface area (Å²) in [5.41, 5.74) is 0.792. The van der Waals surface area contributed by atoms with Crippen molar-refractivity contribution in [1.82, 2.24) is 14.8 Å². The number of carbonyl (C=O) groups is 1. The minimum atomic E-state index is -0.878. The number of hydrogen-bond donors (Lipinski definition) is 1. The summed E-state index contributed by atoms with van der Waals surface area (Å²) in [5, 5.41) is 13.6. The predicted octanol–water partition coefficient (Wildman–Crippen LogP) is 1.25. The topological polar surface area (TPSA) is 77.2 Å². The van der Waals surface area contributed by atoms with Gasteiger partial charge in [-0.1, -0.05) is 0 Å². The zero-order valence-electron chi connectivity index (χ0n) is 10.4. The van der Waals surface area contributed by atoms with Crippen molar-refractivity contribution in [3.8, 4) is 5.69 Å². The van der Waals surface area contributed by atoms with Crippen LogP contribution in [0.25, 0.3) is 5.69 Å². The van der Waals surface area contributed by atoms with Gasteiger partial charge in [0.05, 0.1) is 18.9 Å². The van der Waals surface area contributed by atoms with E-state index in [1.54, 1.807) is 0 Å². The zero-order chi connectivity index (χ0) is 14.0. The lowest BCUT2D eigenvalue weighted by Crippen LogP contribution is -2.07. The van der Waals surface area contributed by atoms with Gasteiger partial charge in [-0.2, -0.15) is 0 Å². The first kappa shape index (κ1) is 13.2. The van der Waals surface area contributed by atoms with Gasteiger partial charge < -0.3 is 9.84 Å². The minimum absolute atomic E-state index is 0.108. The minimum Gasteiger partial charge on any atom is -0.463 e. The van der Waals surface area contributed by atoms with Gasteiger partial charge in [0.1, 0.15) is 12.1 Å². The van der Waals surface area contributed by atoms with Crippen LogP contribution in [0.3, 0.4) is 0 Å². The molecule has 19 heavy (non-hydrogen) atoms. The monoisotopic (exact) mass is 265 g/mol. The average molecular weight is 265 g/mol. The summed E-state index contributed by atoms with van der Waals surface area (Å²) in [6.07, 6.45) is 0.419. The Morgan fingerprint density at radius 3 is 2.89 bits per heavy atom. The largest absolute Gasteiger partial charge is 0.463 e. The summed E-state index contributed by atoms with van der Waals surface area (Å²) < 4.78 is 19.0. The van der Waals surface area contributed by atoms with Crippen LogP contribution in [0.1, 0.15) is 29.2 Å². The van der Waals surface area contributed by atoms with Crippen LogP contribution in [0.5, 0.6) is 0 Å². The molecule has 0 spiro atoms. The molecule has 0 aliphatic rings. The average Bonchev–Trinajstić information content (AvgIpc) is 2.87. The van der Waals surface area contributed by atoms with Crippen molar-refractivity contribution in [2.24, 2.45) is 0 Å². The van der Waals surface area contributed by atoms with Gasteiger partial charge >= 0.3 is 5.97 Å². The molecule has 100 valence electrons.